The van der Waals surface area contributed by atoms with Gasteiger partial charge in [0, 0.05) is 12.8 Å². The van der Waals surface area contributed by atoms with Crippen molar-refractivity contribution in [3.63, 3.8) is 0 Å². The first-order chi connectivity index (χ1) is 9.58. The molecule has 20 heavy (non-hydrogen) atoms. The molecule has 1 aromatic rings. The number of carbonyl (C=O) groups is 2. The van der Waals surface area contributed by atoms with Gasteiger partial charge in [0.1, 0.15) is 0 Å². The Bertz CT molecular complexity index is 541. The van der Waals surface area contributed by atoms with Gasteiger partial charge in [-0.2, -0.15) is 0 Å². The van der Waals surface area contributed by atoms with Crippen molar-refractivity contribution in [2.45, 2.75) is 19.8 Å². The lowest BCUT2D eigenvalue weighted by atomic mass is 10.1. The number of allylic oxidation sites excluding steroid dienone is 3. The number of benzene rings is 1. The van der Waals surface area contributed by atoms with Crippen molar-refractivity contribution in [1.29, 1.82) is 0 Å². The van der Waals surface area contributed by atoms with E-state index in [9.17, 15) is 14.7 Å². The van der Waals surface area contributed by atoms with Crippen LogP contribution in [-0.2, 0) is 9.59 Å². The van der Waals surface area contributed by atoms with E-state index in [-0.39, 0.29) is 18.6 Å². The minimum atomic E-state index is -0.412. The topological polar surface area (TPSA) is 63.6 Å². The van der Waals surface area contributed by atoms with Crippen molar-refractivity contribution in [1.82, 2.24) is 0 Å². The molecule has 0 unspecified atom stereocenters. The highest BCUT2D eigenvalue weighted by molar-refractivity contribution is 6.37. The number of ketones is 2. The summed E-state index contributed by atoms with van der Waals surface area (Å²) in [5, 5.41) is 9.45. The normalized spacial score (nSPS) is 11.1. The fraction of sp³-hybridized carbons (Fsp3) is 0.250. The summed E-state index contributed by atoms with van der Waals surface area (Å²) in [5.41, 5.74) is 0.786. The molecule has 4 heteroatoms. The molecule has 1 aromatic carbocycles. The molecule has 0 saturated heterocycles. The number of methoxy groups -OCH3 is 1. The van der Waals surface area contributed by atoms with Gasteiger partial charge in [0.2, 0.25) is 11.6 Å². The van der Waals surface area contributed by atoms with Gasteiger partial charge in [-0.15, -0.1) is 0 Å². The minimum absolute atomic E-state index is 0.0576. The first-order valence-electron chi connectivity index (χ1n) is 6.29. The van der Waals surface area contributed by atoms with Gasteiger partial charge in [-0.05, 0) is 24.6 Å². The van der Waals surface area contributed by atoms with Crippen molar-refractivity contribution in [3.8, 4) is 11.5 Å². The summed E-state index contributed by atoms with van der Waals surface area (Å²) in [7, 11) is 1.46. The Morgan fingerprint density at radius 2 is 1.85 bits per heavy atom. The molecule has 0 aromatic heterocycles. The van der Waals surface area contributed by atoms with Gasteiger partial charge < -0.3 is 9.84 Å². The maximum Gasteiger partial charge on any atom is 0.202 e. The molecule has 0 aliphatic rings. The molecule has 1 N–H and O–H groups in total. The smallest absolute Gasteiger partial charge is 0.202 e. The zero-order valence-corrected chi connectivity index (χ0v) is 11.6. The van der Waals surface area contributed by atoms with Crippen LogP contribution in [0.3, 0.4) is 0 Å². The Morgan fingerprint density at radius 3 is 2.45 bits per heavy atom. The molecule has 0 radical (unpaired) electrons. The number of hydrogen-bond donors (Lipinski definition) is 1. The summed E-state index contributed by atoms with van der Waals surface area (Å²) in [6.07, 6.45) is 6.96. The summed E-state index contributed by atoms with van der Waals surface area (Å²) in [4.78, 5) is 22.9. The summed E-state index contributed by atoms with van der Waals surface area (Å²) in [6.45, 7) is 1.80. The molecule has 106 valence electrons. The standard InChI is InChI=1S/C16H18O4/c1-3-4-7-13(17)14(18)8-5-6-12-9-10-15(19)16(11-12)20-2/h3-6,9-11,19H,7-8H2,1-2H3/b4-3-,6-5-. The molecule has 0 heterocycles. The van der Waals surface area contributed by atoms with Crippen LogP contribution < -0.4 is 4.74 Å². The van der Waals surface area contributed by atoms with Gasteiger partial charge in [-0.3, -0.25) is 9.59 Å². The van der Waals surface area contributed by atoms with E-state index in [0.29, 0.717) is 5.75 Å². The van der Waals surface area contributed by atoms with Crippen LogP contribution in [0.2, 0.25) is 0 Å². The predicted octanol–water partition coefficient (Wildman–Crippen LogP) is 2.91. The summed E-state index contributed by atoms with van der Waals surface area (Å²) < 4.78 is 4.98. The first kappa shape index (κ1) is 15.7. The average Bonchev–Trinajstić information content (AvgIpc) is 2.46. The largest absolute Gasteiger partial charge is 0.504 e. The highest BCUT2D eigenvalue weighted by Gasteiger charge is 2.09. The molecule has 0 spiro atoms. The fourth-order valence-electron chi connectivity index (χ4n) is 1.55. The maximum atomic E-state index is 11.5. The molecule has 0 atom stereocenters. The number of hydrogen-bond acceptors (Lipinski definition) is 4. The van der Waals surface area contributed by atoms with Gasteiger partial charge in [-0.25, -0.2) is 0 Å². The van der Waals surface area contributed by atoms with Crippen molar-refractivity contribution < 1.29 is 19.4 Å². The Kier molecular flexibility index (Phi) is 6.23. The van der Waals surface area contributed by atoms with Crippen LogP contribution in [0.5, 0.6) is 11.5 Å². The van der Waals surface area contributed by atoms with Crippen molar-refractivity contribution in [2.24, 2.45) is 0 Å². The first-order valence-corrected chi connectivity index (χ1v) is 6.29. The van der Waals surface area contributed by atoms with E-state index >= 15 is 0 Å². The lowest BCUT2D eigenvalue weighted by Gasteiger charge is -2.03. The summed E-state index contributed by atoms with van der Waals surface area (Å²) in [6, 6.07) is 4.86. The van der Waals surface area contributed by atoms with E-state index in [4.69, 9.17) is 4.74 Å². The van der Waals surface area contributed by atoms with E-state index in [1.165, 1.54) is 13.2 Å². The number of rotatable bonds is 7. The van der Waals surface area contributed by atoms with Gasteiger partial charge in [0.25, 0.3) is 0 Å². The predicted molar refractivity (Wildman–Crippen MR) is 77.8 cm³/mol. The van der Waals surface area contributed by atoms with Crippen LogP contribution >= 0.6 is 0 Å². The van der Waals surface area contributed by atoms with Gasteiger partial charge >= 0.3 is 0 Å². The molecule has 0 fully saturated rings. The van der Waals surface area contributed by atoms with Gasteiger partial charge in [0.05, 0.1) is 7.11 Å². The van der Waals surface area contributed by atoms with Crippen LogP contribution in [0.25, 0.3) is 6.08 Å². The Labute approximate surface area is 118 Å². The van der Waals surface area contributed by atoms with Crippen LogP contribution in [0.4, 0.5) is 0 Å². The molecule has 0 bridgehead atoms. The molecular weight excluding hydrogens is 256 g/mol. The third-order valence-corrected chi connectivity index (χ3v) is 2.67. The number of Topliss-reactive ketones (excluding diaryl/α,β-unsaturated/α-hetero) is 2. The van der Waals surface area contributed by atoms with Crippen molar-refractivity contribution in [2.75, 3.05) is 7.11 Å². The Morgan fingerprint density at radius 1 is 1.20 bits per heavy atom. The molecule has 0 saturated carbocycles. The molecule has 4 nitrogen and oxygen atoms in total. The monoisotopic (exact) mass is 274 g/mol. The van der Waals surface area contributed by atoms with E-state index in [2.05, 4.69) is 0 Å². The number of aromatic hydroxyl groups is 1. The maximum absolute atomic E-state index is 11.5. The summed E-state index contributed by atoms with van der Waals surface area (Å²) >= 11 is 0. The molecule has 0 amide bonds. The molecule has 1 rings (SSSR count). The van der Waals surface area contributed by atoms with Crippen molar-refractivity contribution in [3.05, 3.63) is 42.0 Å². The third kappa shape index (κ3) is 4.72. The number of carbonyl (C=O) groups excluding carboxylic acids is 2. The lowest BCUT2D eigenvalue weighted by Crippen LogP contribution is -2.11. The van der Waals surface area contributed by atoms with Crippen LogP contribution in [-0.4, -0.2) is 23.8 Å². The third-order valence-electron chi connectivity index (χ3n) is 2.67. The highest BCUT2D eigenvalue weighted by atomic mass is 16.5. The second kappa shape index (κ2) is 7.94. The summed E-state index contributed by atoms with van der Waals surface area (Å²) in [5.74, 6) is -0.383. The zero-order valence-electron chi connectivity index (χ0n) is 11.6. The number of phenols is 1. The second-order valence-electron chi connectivity index (χ2n) is 4.16. The van der Waals surface area contributed by atoms with E-state index in [0.717, 1.165) is 5.56 Å². The minimum Gasteiger partial charge on any atom is -0.504 e. The van der Waals surface area contributed by atoms with Gasteiger partial charge in [0.15, 0.2) is 11.5 Å². The van der Waals surface area contributed by atoms with E-state index in [1.54, 1.807) is 43.4 Å². The molecule has 0 aliphatic heterocycles. The van der Waals surface area contributed by atoms with Gasteiger partial charge in [-0.1, -0.05) is 30.4 Å². The van der Waals surface area contributed by atoms with Crippen molar-refractivity contribution >= 4 is 17.6 Å². The average molecular weight is 274 g/mol. The Balaban J connectivity index is 2.60. The number of ether oxygens (including phenoxy) is 1. The SMILES string of the molecule is C/C=C\CC(=O)C(=O)C/C=C\c1ccc(O)c(OC)c1. The van der Waals surface area contributed by atoms with E-state index < -0.39 is 11.6 Å². The molecule has 0 aliphatic carbocycles. The highest BCUT2D eigenvalue weighted by Crippen LogP contribution is 2.26. The van der Waals surface area contributed by atoms with Crippen LogP contribution in [0.1, 0.15) is 25.3 Å². The van der Waals surface area contributed by atoms with Crippen LogP contribution in [0.15, 0.2) is 36.4 Å². The fourth-order valence-corrected chi connectivity index (χ4v) is 1.55. The molecular formula is C16H18O4. The zero-order chi connectivity index (χ0) is 15.0. The van der Waals surface area contributed by atoms with Crippen LogP contribution in [0, 0.1) is 0 Å². The second-order valence-corrected chi connectivity index (χ2v) is 4.16. The Hall–Kier alpha value is -2.36. The quantitative estimate of drug-likeness (QED) is 0.613. The lowest BCUT2D eigenvalue weighted by molar-refractivity contribution is -0.135. The van der Waals surface area contributed by atoms with E-state index in [1.807, 2.05) is 0 Å². The number of phenolic OH excluding ortho intramolecular Hbond substituents is 1.